The number of ether oxygens (including phenoxy) is 2. The number of hydrogen-bond acceptors (Lipinski definition) is 7. The van der Waals surface area contributed by atoms with Gasteiger partial charge in [-0.1, -0.05) is 12.2 Å². The van der Waals surface area contributed by atoms with Gasteiger partial charge in [0, 0.05) is 24.6 Å². The Morgan fingerprint density at radius 3 is 2.48 bits per heavy atom. The molecule has 3 N–H and O–H groups in total. The van der Waals surface area contributed by atoms with Gasteiger partial charge in [-0.05, 0) is 33.3 Å². The maximum atomic E-state index is 11.6. The van der Waals surface area contributed by atoms with Gasteiger partial charge in [0.25, 0.3) is 5.69 Å². The van der Waals surface area contributed by atoms with E-state index in [2.05, 4.69) is 5.32 Å². The van der Waals surface area contributed by atoms with Crippen LogP contribution in [0.2, 0.25) is 0 Å². The van der Waals surface area contributed by atoms with Crippen molar-refractivity contribution in [1.29, 1.82) is 0 Å². The minimum absolute atomic E-state index is 0.0167. The first kappa shape index (κ1) is 21.9. The first-order valence-corrected chi connectivity index (χ1v) is 8.32. The summed E-state index contributed by atoms with van der Waals surface area (Å²) in [6.07, 6.45) is 4.23. The monoisotopic (exact) mass is 379 g/mol. The van der Waals surface area contributed by atoms with Crippen LogP contribution in [0.4, 0.5) is 11.4 Å². The SMILES string of the molecule is COc1cc(C(N)=O)cc([N+](=O)[O-])c1NC/C=C/CCC(=O)OC(C)(C)C. The van der Waals surface area contributed by atoms with Crippen molar-refractivity contribution in [2.45, 2.75) is 39.2 Å². The van der Waals surface area contributed by atoms with Gasteiger partial charge in [-0.15, -0.1) is 0 Å². The average Bonchev–Trinajstić information content (AvgIpc) is 2.55. The Hall–Kier alpha value is -3.10. The zero-order valence-electron chi connectivity index (χ0n) is 15.9. The Balaban J connectivity index is 2.72. The van der Waals surface area contributed by atoms with Crippen molar-refractivity contribution >= 4 is 23.3 Å². The third kappa shape index (κ3) is 7.35. The predicted octanol–water partition coefficient (Wildman–Crippen LogP) is 2.79. The zero-order chi connectivity index (χ0) is 20.6. The van der Waals surface area contributed by atoms with Gasteiger partial charge in [-0.25, -0.2) is 0 Å². The quantitative estimate of drug-likeness (QED) is 0.291. The van der Waals surface area contributed by atoms with Crippen molar-refractivity contribution in [3.8, 4) is 5.75 Å². The third-order valence-electron chi connectivity index (χ3n) is 3.28. The Labute approximate surface area is 157 Å². The second kappa shape index (κ2) is 9.56. The first-order chi connectivity index (χ1) is 12.5. The number of nitrogens with two attached hydrogens (primary N) is 1. The molecule has 0 radical (unpaired) electrons. The molecule has 9 nitrogen and oxygen atoms in total. The zero-order valence-corrected chi connectivity index (χ0v) is 15.9. The summed E-state index contributed by atoms with van der Waals surface area (Å²) in [5.74, 6) is -0.940. The number of primary amides is 1. The maximum absolute atomic E-state index is 11.6. The van der Waals surface area contributed by atoms with E-state index < -0.39 is 16.4 Å². The molecule has 0 unspecified atom stereocenters. The van der Waals surface area contributed by atoms with Crippen molar-refractivity contribution < 1.29 is 24.0 Å². The lowest BCUT2D eigenvalue weighted by Crippen LogP contribution is -2.23. The van der Waals surface area contributed by atoms with Crippen molar-refractivity contribution in [3.63, 3.8) is 0 Å². The smallest absolute Gasteiger partial charge is 0.306 e. The van der Waals surface area contributed by atoms with E-state index in [9.17, 15) is 19.7 Å². The van der Waals surface area contributed by atoms with Crippen LogP contribution in [0.1, 0.15) is 44.0 Å². The largest absolute Gasteiger partial charge is 0.494 e. The number of nitrogens with one attached hydrogen (secondary N) is 1. The van der Waals surface area contributed by atoms with E-state index in [-0.39, 0.29) is 41.6 Å². The van der Waals surface area contributed by atoms with E-state index in [0.717, 1.165) is 6.07 Å². The molecular formula is C18H25N3O6. The number of esters is 1. The van der Waals surface area contributed by atoms with E-state index in [1.54, 1.807) is 32.9 Å². The molecule has 0 saturated heterocycles. The molecule has 0 aromatic heterocycles. The summed E-state index contributed by atoms with van der Waals surface area (Å²) >= 11 is 0. The molecule has 0 aliphatic rings. The van der Waals surface area contributed by atoms with Gasteiger partial charge in [-0.2, -0.15) is 0 Å². The van der Waals surface area contributed by atoms with Gasteiger partial charge in [-0.3, -0.25) is 19.7 Å². The Bertz CT molecular complexity index is 737. The normalized spacial score (nSPS) is 11.3. The van der Waals surface area contributed by atoms with Crippen molar-refractivity contribution in [2.75, 3.05) is 19.0 Å². The minimum Gasteiger partial charge on any atom is -0.494 e. The molecular weight excluding hydrogens is 354 g/mol. The summed E-state index contributed by atoms with van der Waals surface area (Å²) in [6, 6.07) is 2.43. The highest BCUT2D eigenvalue weighted by Gasteiger charge is 2.21. The van der Waals surface area contributed by atoms with Crippen LogP contribution >= 0.6 is 0 Å². The highest BCUT2D eigenvalue weighted by molar-refractivity contribution is 5.95. The molecule has 0 aliphatic heterocycles. The molecule has 0 heterocycles. The van der Waals surface area contributed by atoms with Crippen LogP contribution in [0.25, 0.3) is 0 Å². The fourth-order valence-corrected chi connectivity index (χ4v) is 2.18. The van der Waals surface area contributed by atoms with E-state index >= 15 is 0 Å². The molecule has 0 aliphatic carbocycles. The van der Waals surface area contributed by atoms with Crippen molar-refractivity contribution in [3.05, 3.63) is 40.0 Å². The molecule has 0 saturated carbocycles. The second-order valence-electron chi connectivity index (χ2n) is 6.67. The van der Waals surface area contributed by atoms with E-state index in [0.29, 0.717) is 6.42 Å². The summed E-state index contributed by atoms with van der Waals surface area (Å²) in [5, 5.41) is 14.2. The summed E-state index contributed by atoms with van der Waals surface area (Å²) in [5.41, 5.74) is 4.48. The summed E-state index contributed by atoms with van der Waals surface area (Å²) < 4.78 is 10.3. The number of carbonyl (C=O) groups is 2. The molecule has 0 atom stereocenters. The number of anilines is 1. The second-order valence-corrected chi connectivity index (χ2v) is 6.67. The molecule has 1 aromatic carbocycles. The van der Waals surface area contributed by atoms with Gasteiger partial charge < -0.3 is 20.5 Å². The lowest BCUT2D eigenvalue weighted by molar-refractivity contribution is -0.384. The van der Waals surface area contributed by atoms with Crippen molar-refractivity contribution in [2.24, 2.45) is 5.73 Å². The van der Waals surface area contributed by atoms with Crippen LogP contribution in [0, 0.1) is 10.1 Å². The van der Waals surface area contributed by atoms with Gasteiger partial charge in [0.15, 0.2) is 5.69 Å². The predicted molar refractivity (Wildman–Crippen MR) is 101 cm³/mol. The molecule has 0 spiro atoms. The summed E-state index contributed by atoms with van der Waals surface area (Å²) in [4.78, 5) is 33.6. The number of nitro benzene ring substituents is 1. The third-order valence-corrected chi connectivity index (χ3v) is 3.28. The number of nitrogens with zero attached hydrogens (tertiary/aromatic N) is 1. The van der Waals surface area contributed by atoms with Crippen LogP contribution in [0.3, 0.4) is 0 Å². The summed E-state index contributed by atoms with van der Waals surface area (Å²) in [7, 11) is 1.34. The lowest BCUT2D eigenvalue weighted by atomic mass is 10.1. The van der Waals surface area contributed by atoms with E-state index in [1.165, 1.54) is 13.2 Å². The Kier molecular flexibility index (Phi) is 7.77. The topological polar surface area (TPSA) is 134 Å². The van der Waals surface area contributed by atoms with Gasteiger partial charge >= 0.3 is 5.97 Å². The number of rotatable bonds is 9. The molecule has 1 amide bonds. The highest BCUT2D eigenvalue weighted by Crippen LogP contribution is 2.35. The minimum atomic E-state index is -0.787. The van der Waals surface area contributed by atoms with Crippen LogP contribution in [-0.2, 0) is 9.53 Å². The van der Waals surface area contributed by atoms with Gasteiger partial charge in [0.05, 0.1) is 12.0 Å². The van der Waals surface area contributed by atoms with Crippen LogP contribution in [0.15, 0.2) is 24.3 Å². The number of nitro groups is 1. The Morgan fingerprint density at radius 2 is 1.96 bits per heavy atom. The molecule has 1 rings (SSSR count). The van der Waals surface area contributed by atoms with Crippen LogP contribution in [0.5, 0.6) is 5.75 Å². The summed E-state index contributed by atoms with van der Waals surface area (Å²) in [6.45, 7) is 5.67. The number of hydrogen-bond donors (Lipinski definition) is 2. The number of allylic oxidation sites excluding steroid dienone is 1. The van der Waals surface area contributed by atoms with Crippen molar-refractivity contribution in [1.82, 2.24) is 0 Å². The number of amides is 1. The fraction of sp³-hybridized carbons (Fsp3) is 0.444. The highest BCUT2D eigenvalue weighted by atomic mass is 16.6. The Morgan fingerprint density at radius 1 is 1.30 bits per heavy atom. The number of carbonyl (C=O) groups excluding carboxylic acids is 2. The van der Waals surface area contributed by atoms with Crippen LogP contribution in [-0.4, -0.2) is 36.1 Å². The average molecular weight is 379 g/mol. The van der Waals surface area contributed by atoms with Gasteiger partial charge in [0.2, 0.25) is 5.91 Å². The molecule has 9 heteroatoms. The van der Waals surface area contributed by atoms with Crippen LogP contribution < -0.4 is 15.8 Å². The van der Waals surface area contributed by atoms with E-state index in [1.807, 2.05) is 0 Å². The molecule has 0 bridgehead atoms. The number of methoxy groups -OCH3 is 1. The molecule has 148 valence electrons. The maximum Gasteiger partial charge on any atom is 0.306 e. The lowest BCUT2D eigenvalue weighted by Gasteiger charge is -2.19. The first-order valence-electron chi connectivity index (χ1n) is 8.32. The molecule has 0 fully saturated rings. The molecule has 27 heavy (non-hydrogen) atoms. The number of benzene rings is 1. The standard InChI is InChI=1S/C18H25N3O6/c1-18(2,3)27-15(22)8-6-5-7-9-20-16-13(21(24)25)10-12(17(19)23)11-14(16)26-4/h5,7,10-11,20H,6,8-9H2,1-4H3,(H2,19,23)/b7-5+. The van der Waals surface area contributed by atoms with Gasteiger partial charge in [0.1, 0.15) is 11.4 Å². The molecule has 1 aromatic rings. The van der Waals surface area contributed by atoms with E-state index in [4.69, 9.17) is 15.2 Å². The fourth-order valence-electron chi connectivity index (χ4n) is 2.18.